The van der Waals surface area contributed by atoms with Crippen molar-refractivity contribution < 1.29 is 22.9 Å². The highest BCUT2D eigenvalue weighted by Gasteiger charge is 2.30. The van der Waals surface area contributed by atoms with E-state index in [2.05, 4.69) is 0 Å². The van der Waals surface area contributed by atoms with Crippen LogP contribution in [0.1, 0.15) is 12.5 Å². The van der Waals surface area contributed by atoms with E-state index in [0.29, 0.717) is 5.56 Å². The van der Waals surface area contributed by atoms with Gasteiger partial charge in [0, 0.05) is 18.7 Å². The summed E-state index contributed by atoms with van der Waals surface area (Å²) in [5.41, 5.74) is 0.227. The van der Waals surface area contributed by atoms with Crippen LogP contribution in [0.3, 0.4) is 0 Å². The van der Waals surface area contributed by atoms with Crippen LogP contribution >= 0.6 is 0 Å². The largest absolute Gasteiger partial charge is 0.464 e. The minimum Gasteiger partial charge on any atom is -0.464 e. The Labute approximate surface area is 156 Å². The fraction of sp³-hybridized carbons (Fsp3) is 0.167. The average molecular weight is 390 g/mol. The van der Waals surface area contributed by atoms with Crippen molar-refractivity contribution in [3.63, 3.8) is 0 Å². The molecule has 0 aliphatic rings. The van der Waals surface area contributed by atoms with E-state index in [1.54, 1.807) is 37.3 Å². The molecule has 0 saturated carbocycles. The Morgan fingerprint density at radius 1 is 1.15 bits per heavy atom. The molecule has 0 heterocycles. The van der Waals surface area contributed by atoms with E-state index in [4.69, 9.17) is 4.74 Å². The standard InChI is InChI=1S/C18H18N2O6S/c1-3-19(17(18(21)26-2)13-14-7-5-4-6-8-14)27(24,25)16-11-9-15(10-12-16)20(22)23/h4-13H,3H2,1-2H3/b17-13+. The van der Waals surface area contributed by atoms with Crippen molar-refractivity contribution in [2.24, 2.45) is 0 Å². The third-order valence-electron chi connectivity index (χ3n) is 3.69. The lowest BCUT2D eigenvalue weighted by Crippen LogP contribution is -2.34. The molecule has 0 saturated heterocycles. The molecule has 0 unspecified atom stereocenters. The number of likely N-dealkylation sites (N-methyl/N-ethyl adjacent to an activating group) is 1. The number of nitro groups is 1. The number of nitrogens with zero attached hydrogens (tertiary/aromatic N) is 2. The topological polar surface area (TPSA) is 107 Å². The highest BCUT2D eigenvalue weighted by Crippen LogP contribution is 2.24. The van der Waals surface area contributed by atoms with Crippen LogP contribution < -0.4 is 0 Å². The van der Waals surface area contributed by atoms with E-state index in [1.165, 1.54) is 6.08 Å². The van der Waals surface area contributed by atoms with Crippen molar-refractivity contribution in [1.29, 1.82) is 0 Å². The van der Waals surface area contributed by atoms with Crippen LogP contribution in [0.15, 0.2) is 65.2 Å². The van der Waals surface area contributed by atoms with Gasteiger partial charge in [-0.25, -0.2) is 13.2 Å². The summed E-state index contributed by atoms with van der Waals surface area (Å²) in [5, 5.41) is 10.8. The maximum Gasteiger partial charge on any atom is 0.355 e. The van der Waals surface area contributed by atoms with Crippen LogP contribution in [0.2, 0.25) is 0 Å². The SMILES string of the molecule is CCN(/C(=C/c1ccccc1)C(=O)OC)S(=O)(=O)c1ccc([N+](=O)[O-])cc1. The quantitative estimate of drug-likeness (QED) is 0.311. The molecule has 0 atom stereocenters. The number of esters is 1. The first kappa shape index (κ1) is 20.1. The van der Waals surface area contributed by atoms with E-state index in [0.717, 1.165) is 35.7 Å². The van der Waals surface area contributed by atoms with E-state index in [1.807, 2.05) is 0 Å². The second kappa shape index (κ2) is 8.45. The maximum atomic E-state index is 13.0. The Bertz CT molecular complexity index is 953. The lowest BCUT2D eigenvalue weighted by Gasteiger charge is -2.24. The first-order valence-corrected chi connectivity index (χ1v) is 9.37. The molecule has 2 rings (SSSR count). The van der Waals surface area contributed by atoms with Crippen LogP contribution in [-0.2, 0) is 19.6 Å². The van der Waals surface area contributed by atoms with Gasteiger partial charge in [-0.3, -0.25) is 14.4 Å². The zero-order chi connectivity index (χ0) is 20.0. The smallest absolute Gasteiger partial charge is 0.355 e. The van der Waals surface area contributed by atoms with Crippen molar-refractivity contribution in [3.05, 3.63) is 76.0 Å². The number of methoxy groups -OCH3 is 1. The molecule has 9 heteroatoms. The van der Waals surface area contributed by atoms with E-state index >= 15 is 0 Å². The molecule has 2 aromatic carbocycles. The third kappa shape index (κ3) is 4.50. The summed E-state index contributed by atoms with van der Waals surface area (Å²) < 4.78 is 31.7. The van der Waals surface area contributed by atoms with Gasteiger partial charge in [-0.05, 0) is 30.7 Å². The van der Waals surface area contributed by atoms with Gasteiger partial charge in [0.2, 0.25) is 0 Å². The summed E-state index contributed by atoms with van der Waals surface area (Å²) >= 11 is 0. The lowest BCUT2D eigenvalue weighted by atomic mass is 10.2. The monoisotopic (exact) mass is 390 g/mol. The second-order valence-electron chi connectivity index (χ2n) is 5.35. The van der Waals surface area contributed by atoms with Crippen LogP contribution in [0.4, 0.5) is 5.69 Å². The molecule has 27 heavy (non-hydrogen) atoms. The van der Waals surface area contributed by atoms with Crippen molar-refractivity contribution in [1.82, 2.24) is 4.31 Å². The number of carbonyl (C=O) groups is 1. The van der Waals surface area contributed by atoms with E-state index in [9.17, 15) is 23.3 Å². The Morgan fingerprint density at radius 2 is 1.74 bits per heavy atom. The number of carbonyl (C=O) groups excluding carboxylic acids is 1. The molecule has 2 aromatic rings. The van der Waals surface area contributed by atoms with Gasteiger partial charge >= 0.3 is 5.97 Å². The molecule has 0 aliphatic heterocycles. The van der Waals surface area contributed by atoms with E-state index in [-0.39, 0.29) is 22.8 Å². The minimum absolute atomic E-state index is 0.0346. The molecule has 0 radical (unpaired) electrons. The number of sulfonamides is 1. The Kier molecular flexibility index (Phi) is 6.30. The van der Waals surface area contributed by atoms with Gasteiger partial charge in [0.25, 0.3) is 15.7 Å². The molecule has 0 N–H and O–H groups in total. The molecular formula is C18H18N2O6S. The number of rotatable bonds is 7. The average Bonchev–Trinajstić information content (AvgIpc) is 2.67. The first-order chi connectivity index (χ1) is 12.8. The van der Waals surface area contributed by atoms with Gasteiger partial charge in [0.15, 0.2) is 0 Å². The minimum atomic E-state index is -4.13. The van der Waals surface area contributed by atoms with Crippen LogP contribution in [0.5, 0.6) is 0 Å². The highest BCUT2D eigenvalue weighted by molar-refractivity contribution is 7.89. The lowest BCUT2D eigenvalue weighted by molar-refractivity contribution is -0.384. The summed E-state index contributed by atoms with van der Waals surface area (Å²) in [6.45, 7) is 1.54. The summed E-state index contributed by atoms with van der Waals surface area (Å²) in [4.78, 5) is 22.2. The summed E-state index contributed by atoms with van der Waals surface area (Å²) in [6, 6.07) is 13.2. The fourth-order valence-electron chi connectivity index (χ4n) is 2.38. The molecule has 8 nitrogen and oxygen atoms in total. The predicted octanol–water partition coefficient (Wildman–Crippen LogP) is 2.82. The van der Waals surface area contributed by atoms with Crippen molar-refractivity contribution >= 4 is 27.8 Å². The number of hydrogen-bond acceptors (Lipinski definition) is 6. The number of hydrogen-bond donors (Lipinski definition) is 0. The molecule has 0 fully saturated rings. The van der Waals surface area contributed by atoms with Gasteiger partial charge < -0.3 is 4.74 Å². The third-order valence-corrected chi connectivity index (χ3v) is 5.59. The van der Waals surface area contributed by atoms with Crippen molar-refractivity contribution in [2.75, 3.05) is 13.7 Å². The zero-order valence-corrected chi connectivity index (χ0v) is 15.5. The fourth-order valence-corrected chi connectivity index (χ4v) is 3.84. The van der Waals surface area contributed by atoms with Crippen LogP contribution in [0, 0.1) is 10.1 Å². The summed E-state index contributed by atoms with van der Waals surface area (Å²) in [5.74, 6) is -0.814. The number of benzene rings is 2. The highest BCUT2D eigenvalue weighted by atomic mass is 32.2. The molecule has 142 valence electrons. The zero-order valence-electron chi connectivity index (χ0n) is 14.7. The van der Waals surface area contributed by atoms with Gasteiger partial charge in [-0.2, -0.15) is 0 Å². The summed E-state index contributed by atoms with van der Waals surface area (Å²) in [6.07, 6.45) is 1.41. The molecule has 0 amide bonds. The second-order valence-corrected chi connectivity index (χ2v) is 7.21. The molecule has 0 bridgehead atoms. The Balaban J connectivity index is 2.53. The summed E-state index contributed by atoms with van der Waals surface area (Å²) in [7, 11) is -2.97. The van der Waals surface area contributed by atoms with E-state index < -0.39 is 20.9 Å². The molecule has 0 aliphatic carbocycles. The molecule has 0 spiro atoms. The van der Waals surface area contributed by atoms with Crippen LogP contribution in [0.25, 0.3) is 6.08 Å². The number of nitro benzene ring substituents is 1. The van der Waals surface area contributed by atoms with Gasteiger partial charge in [-0.1, -0.05) is 30.3 Å². The maximum absolute atomic E-state index is 13.0. The normalized spacial score (nSPS) is 11.7. The molecular weight excluding hydrogens is 372 g/mol. The first-order valence-electron chi connectivity index (χ1n) is 7.93. The predicted molar refractivity (Wildman–Crippen MR) is 99.1 cm³/mol. The van der Waals surface area contributed by atoms with Crippen LogP contribution in [-0.4, -0.2) is 37.3 Å². The Hall–Kier alpha value is -3.20. The van der Waals surface area contributed by atoms with Gasteiger partial charge in [0.1, 0.15) is 5.70 Å². The Morgan fingerprint density at radius 3 is 2.22 bits per heavy atom. The number of non-ortho nitro benzene ring substituents is 1. The van der Waals surface area contributed by atoms with Gasteiger partial charge in [0.05, 0.1) is 16.9 Å². The van der Waals surface area contributed by atoms with Crippen molar-refractivity contribution in [2.45, 2.75) is 11.8 Å². The van der Waals surface area contributed by atoms with Crippen molar-refractivity contribution in [3.8, 4) is 0 Å². The molecule has 0 aromatic heterocycles. The van der Waals surface area contributed by atoms with Gasteiger partial charge in [-0.15, -0.1) is 0 Å². The number of ether oxygens (including phenoxy) is 1.